The quantitative estimate of drug-likeness (QED) is 0.215. The first-order valence-corrected chi connectivity index (χ1v) is 10.8. The number of amides is 4. The molecular weight excluding hydrogens is 408 g/mol. The van der Waals surface area contributed by atoms with Crippen molar-refractivity contribution >= 4 is 23.6 Å². The zero-order valence-electron chi connectivity index (χ0n) is 18.1. The first-order valence-electron chi connectivity index (χ1n) is 10.8. The third-order valence-corrected chi connectivity index (χ3v) is 4.93. The van der Waals surface area contributed by atoms with Crippen molar-refractivity contribution < 1.29 is 19.2 Å². The molecule has 0 aromatic heterocycles. The van der Waals surface area contributed by atoms with Crippen LogP contribution in [0.3, 0.4) is 0 Å². The second-order valence-electron chi connectivity index (χ2n) is 7.40. The Balaban J connectivity index is 1.88. The Morgan fingerprint density at radius 1 is 0.688 bits per heavy atom. The van der Waals surface area contributed by atoms with Gasteiger partial charge in [-0.15, -0.1) is 0 Å². The van der Waals surface area contributed by atoms with Crippen LogP contribution in [0.15, 0.2) is 60.7 Å². The molecule has 4 amide bonds. The summed E-state index contributed by atoms with van der Waals surface area (Å²) in [6.45, 7) is 0. The number of benzene rings is 2. The number of nitrogens with one attached hydrogen (secondary N) is 2. The van der Waals surface area contributed by atoms with Crippen LogP contribution in [0, 0.1) is 0 Å². The molecule has 32 heavy (non-hydrogen) atoms. The molecule has 0 atom stereocenters. The summed E-state index contributed by atoms with van der Waals surface area (Å²) in [4.78, 5) is 49.3. The van der Waals surface area contributed by atoms with E-state index in [0.717, 1.165) is 37.1 Å². The molecule has 0 aliphatic rings. The van der Waals surface area contributed by atoms with Gasteiger partial charge in [0.25, 0.3) is 11.8 Å². The number of hydrogen-bond donors (Lipinski definition) is 3. The SMILES string of the molecule is NNC(=O)CCCCCCCCC(=O)N(NC(=O)c1ccccc1)C(=O)c1ccccc1. The molecule has 4 N–H and O–H groups in total. The molecule has 8 heteroatoms. The molecule has 0 saturated heterocycles. The molecule has 2 aromatic carbocycles. The smallest absolute Gasteiger partial charge is 0.279 e. The average molecular weight is 439 g/mol. The van der Waals surface area contributed by atoms with Gasteiger partial charge in [-0.3, -0.25) is 30.0 Å². The number of rotatable bonds is 11. The lowest BCUT2D eigenvalue weighted by molar-refractivity contribution is -0.130. The highest BCUT2D eigenvalue weighted by Crippen LogP contribution is 2.11. The van der Waals surface area contributed by atoms with E-state index < -0.39 is 17.7 Å². The van der Waals surface area contributed by atoms with Gasteiger partial charge in [0.15, 0.2) is 0 Å². The molecule has 2 aromatic rings. The molecule has 0 unspecified atom stereocenters. The molecule has 0 radical (unpaired) electrons. The van der Waals surface area contributed by atoms with E-state index in [0.29, 0.717) is 24.0 Å². The minimum atomic E-state index is -0.571. The number of carbonyl (C=O) groups is 4. The molecule has 170 valence electrons. The highest BCUT2D eigenvalue weighted by atomic mass is 16.2. The maximum Gasteiger partial charge on any atom is 0.279 e. The first kappa shape index (κ1) is 24.7. The maximum absolute atomic E-state index is 12.9. The monoisotopic (exact) mass is 438 g/mol. The van der Waals surface area contributed by atoms with E-state index in [-0.39, 0.29) is 12.3 Å². The van der Waals surface area contributed by atoms with Crippen molar-refractivity contribution in [2.24, 2.45) is 5.84 Å². The number of nitrogens with two attached hydrogens (primary N) is 1. The molecule has 0 heterocycles. The largest absolute Gasteiger partial charge is 0.294 e. The van der Waals surface area contributed by atoms with Gasteiger partial charge in [0.05, 0.1) is 0 Å². The second-order valence-corrected chi connectivity index (χ2v) is 7.40. The molecule has 8 nitrogen and oxygen atoms in total. The van der Waals surface area contributed by atoms with Crippen LogP contribution in [-0.2, 0) is 9.59 Å². The van der Waals surface area contributed by atoms with Crippen molar-refractivity contribution in [2.75, 3.05) is 0 Å². The van der Waals surface area contributed by atoms with Crippen LogP contribution in [0.2, 0.25) is 0 Å². The summed E-state index contributed by atoms with van der Waals surface area (Å²) in [5.74, 6) is 3.32. The normalized spacial score (nSPS) is 10.3. The van der Waals surface area contributed by atoms with E-state index in [1.165, 1.54) is 0 Å². The average Bonchev–Trinajstić information content (AvgIpc) is 2.84. The van der Waals surface area contributed by atoms with E-state index in [9.17, 15) is 19.2 Å². The maximum atomic E-state index is 12.9. The highest BCUT2D eigenvalue weighted by molar-refractivity contribution is 6.07. The zero-order valence-corrected chi connectivity index (χ0v) is 18.1. The van der Waals surface area contributed by atoms with Crippen LogP contribution in [0.4, 0.5) is 0 Å². The highest BCUT2D eigenvalue weighted by Gasteiger charge is 2.25. The minimum Gasteiger partial charge on any atom is -0.294 e. The van der Waals surface area contributed by atoms with Gasteiger partial charge in [-0.2, -0.15) is 5.01 Å². The van der Waals surface area contributed by atoms with Crippen molar-refractivity contribution in [3.05, 3.63) is 71.8 Å². The lowest BCUT2D eigenvalue weighted by atomic mass is 10.1. The van der Waals surface area contributed by atoms with Crippen molar-refractivity contribution in [2.45, 2.75) is 51.4 Å². The van der Waals surface area contributed by atoms with E-state index >= 15 is 0 Å². The molecule has 0 fully saturated rings. The van der Waals surface area contributed by atoms with E-state index in [1.54, 1.807) is 60.7 Å². The number of nitrogens with zero attached hydrogens (tertiary/aromatic N) is 1. The van der Waals surface area contributed by atoms with E-state index in [1.807, 2.05) is 0 Å². The fourth-order valence-electron chi connectivity index (χ4n) is 3.14. The van der Waals surface area contributed by atoms with Gasteiger partial charge in [0, 0.05) is 24.0 Å². The Morgan fingerprint density at radius 2 is 1.19 bits per heavy atom. The van der Waals surface area contributed by atoms with Gasteiger partial charge in [-0.1, -0.05) is 62.1 Å². The molecule has 0 aliphatic heterocycles. The molecule has 0 bridgehead atoms. The topological polar surface area (TPSA) is 122 Å². The fourth-order valence-corrected chi connectivity index (χ4v) is 3.14. The van der Waals surface area contributed by atoms with Crippen molar-refractivity contribution in [3.63, 3.8) is 0 Å². The van der Waals surface area contributed by atoms with Gasteiger partial charge in [0.2, 0.25) is 11.8 Å². The lowest BCUT2D eigenvalue weighted by Gasteiger charge is -2.21. The lowest BCUT2D eigenvalue weighted by Crippen LogP contribution is -2.49. The van der Waals surface area contributed by atoms with Crippen molar-refractivity contribution in [3.8, 4) is 0 Å². The number of unbranched alkanes of at least 4 members (excludes halogenated alkanes) is 5. The molecule has 2 rings (SSSR count). The van der Waals surface area contributed by atoms with Gasteiger partial charge in [-0.05, 0) is 37.1 Å². The third-order valence-electron chi connectivity index (χ3n) is 4.93. The summed E-state index contributed by atoms with van der Waals surface area (Å²) in [7, 11) is 0. The summed E-state index contributed by atoms with van der Waals surface area (Å²) >= 11 is 0. The van der Waals surface area contributed by atoms with Crippen LogP contribution >= 0.6 is 0 Å². The third kappa shape index (κ3) is 8.31. The predicted molar refractivity (Wildman–Crippen MR) is 121 cm³/mol. The standard InChI is InChI=1S/C24H30N4O4/c25-26-21(29)17-11-3-1-2-4-12-18-22(30)28(24(32)20-15-9-6-10-16-20)27-23(31)19-13-7-5-8-14-19/h5-10,13-16H,1-4,11-12,17-18,25H2,(H,26,29)(H,27,31). The van der Waals surface area contributed by atoms with Crippen LogP contribution < -0.4 is 16.7 Å². The number of hydrogen-bond acceptors (Lipinski definition) is 5. The summed E-state index contributed by atoms with van der Waals surface area (Å²) in [6, 6.07) is 16.8. The van der Waals surface area contributed by atoms with E-state index in [2.05, 4.69) is 10.9 Å². The Bertz CT molecular complexity index is 887. The van der Waals surface area contributed by atoms with E-state index in [4.69, 9.17) is 5.84 Å². The Labute approximate surface area is 188 Å². The molecular formula is C24H30N4O4. The van der Waals surface area contributed by atoms with Crippen molar-refractivity contribution in [1.82, 2.24) is 15.9 Å². The predicted octanol–water partition coefficient (Wildman–Crippen LogP) is 3.11. The van der Waals surface area contributed by atoms with Crippen LogP contribution in [0.1, 0.15) is 72.1 Å². The molecule has 0 spiro atoms. The number of imide groups is 1. The van der Waals surface area contributed by atoms with Gasteiger partial charge < -0.3 is 0 Å². The van der Waals surface area contributed by atoms with Gasteiger partial charge >= 0.3 is 0 Å². The first-order chi connectivity index (χ1) is 15.5. The summed E-state index contributed by atoms with van der Waals surface area (Å²) in [5, 5.41) is 0.816. The molecule has 0 saturated carbocycles. The minimum absolute atomic E-state index is 0.142. The summed E-state index contributed by atoms with van der Waals surface area (Å²) in [6.07, 6.45) is 5.51. The summed E-state index contributed by atoms with van der Waals surface area (Å²) < 4.78 is 0. The van der Waals surface area contributed by atoms with Crippen LogP contribution in [0.25, 0.3) is 0 Å². The Hall–Kier alpha value is -3.52. The zero-order chi connectivity index (χ0) is 23.2. The van der Waals surface area contributed by atoms with Crippen LogP contribution in [0.5, 0.6) is 0 Å². The van der Waals surface area contributed by atoms with Gasteiger partial charge in [-0.25, -0.2) is 5.84 Å². The van der Waals surface area contributed by atoms with Crippen LogP contribution in [-0.4, -0.2) is 28.6 Å². The molecule has 0 aliphatic carbocycles. The van der Waals surface area contributed by atoms with Crippen molar-refractivity contribution in [1.29, 1.82) is 0 Å². The Morgan fingerprint density at radius 3 is 1.75 bits per heavy atom. The fraction of sp³-hybridized carbons (Fsp3) is 0.333. The number of hydrazine groups is 2. The summed E-state index contributed by atoms with van der Waals surface area (Å²) in [5.41, 5.74) is 5.24. The number of carbonyl (C=O) groups excluding carboxylic acids is 4. The second kappa shape index (κ2) is 13.7. The Kier molecular flexibility index (Phi) is 10.6. The van der Waals surface area contributed by atoms with Gasteiger partial charge in [0.1, 0.15) is 0 Å².